The summed E-state index contributed by atoms with van der Waals surface area (Å²) < 4.78 is 9.49. The highest BCUT2D eigenvalue weighted by Crippen LogP contribution is 2.18. The highest BCUT2D eigenvalue weighted by molar-refractivity contribution is 6.04. The zero-order chi connectivity index (χ0) is 14.7. The number of anilines is 1. The maximum atomic E-state index is 12.0. The Morgan fingerprint density at radius 2 is 2.00 bits per heavy atom. The van der Waals surface area contributed by atoms with E-state index in [4.69, 9.17) is 4.52 Å². The number of benzene rings is 1. The molecule has 1 N–H and O–H groups in total. The van der Waals surface area contributed by atoms with Gasteiger partial charge in [-0.05, 0) is 31.5 Å². The van der Waals surface area contributed by atoms with Gasteiger partial charge in [-0.25, -0.2) is 4.79 Å². The molecule has 0 bridgehead atoms. The topological polar surface area (TPSA) is 81.4 Å². The number of rotatable bonds is 3. The first kappa shape index (κ1) is 13.8. The van der Waals surface area contributed by atoms with Crippen LogP contribution in [0.15, 0.2) is 28.8 Å². The summed E-state index contributed by atoms with van der Waals surface area (Å²) in [5.74, 6) is -0.306. The molecule has 6 nitrogen and oxygen atoms in total. The monoisotopic (exact) mass is 274 g/mol. The number of aromatic nitrogens is 1. The van der Waals surface area contributed by atoms with Gasteiger partial charge in [-0.1, -0.05) is 11.2 Å². The van der Waals surface area contributed by atoms with Gasteiger partial charge in [0.2, 0.25) is 0 Å². The fraction of sp³-hybridized carbons (Fsp3) is 0.214. The standard InChI is InChI=1S/C14H14N2O4/c1-8-4-5-10(14(18)19-3)7-11(8)15-13(17)12-6-9(2)20-16-12/h4-7H,1-3H3,(H,15,17). The fourth-order valence-electron chi connectivity index (χ4n) is 1.66. The van der Waals surface area contributed by atoms with Gasteiger partial charge in [-0.15, -0.1) is 0 Å². The zero-order valence-corrected chi connectivity index (χ0v) is 11.4. The largest absolute Gasteiger partial charge is 0.465 e. The van der Waals surface area contributed by atoms with Crippen LogP contribution in [0.2, 0.25) is 0 Å². The molecule has 6 heteroatoms. The number of nitrogens with one attached hydrogen (secondary N) is 1. The molecule has 1 heterocycles. The van der Waals surface area contributed by atoms with Crippen LogP contribution >= 0.6 is 0 Å². The van der Waals surface area contributed by atoms with E-state index >= 15 is 0 Å². The number of carbonyl (C=O) groups excluding carboxylic acids is 2. The molecule has 0 aliphatic heterocycles. The molecule has 1 amide bonds. The number of methoxy groups -OCH3 is 1. The van der Waals surface area contributed by atoms with Gasteiger partial charge in [0, 0.05) is 11.8 Å². The summed E-state index contributed by atoms with van der Waals surface area (Å²) in [5.41, 5.74) is 1.90. The Labute approximate surface area is 115 Å². The molecule has 0 aliphatic rings. The second-order valence-electron chi connectivity index (χ2n) is 4.30. The fourth-order valence-corrected chi connectivity index (χ4v) is 1.66. The number of aryl methyl sites for hydroxylation is 2. The minimum Gasteiger partial charge on any atom is -0.465 e. The van der Waals surface area contributed by atoms with E-state index < -0.39 is 11.9 Å². The molecule has 1 aromatic carbocycles. The van der Waals surface area contributed by atoms with Gasteiger partial charge in [-0.3, -0.25) is 4.79 Å². The Hall–Kier alpha value is -2.63. The molecule has 2 rings (SSSR count). The van der Waals surface area contributed by atoms with Gasteiger partial charge < -0.3 is 14.6 Å². The average Bonchev–Trinajstić information content (AvgIpc) is 2.87. The van der Waals surface area contributed by atoms with E-state index in [1.165, 1.54) is 13.2 Å². The average molecular weight is 274 g/mol. The first-order chi connectivity index (χ1) is 9.51. The smallest absolute Gasteiger partial charge is 0.337 e. The van der Waals surface area contributed by atoms with Crippen LogP contribution in [0.25, 0.3) is 0 Å². The number of hydrogen-bond acceptors (Lipinski definition) is 5. The van der Waals surface area contributed by atoms with Crippen molar-refractivity contribution in [1.82, 2.24) is 5.16 Å². The lowest BCUT2D eigenvalue weighted by molar-refractivity contribution is 0.0600. The summed E-state index contributed by atoms with van der Waals surface area (Å²) in [6.45, 7) is 3.53. The molecule has 0 spiro atoms. The maximum absolute atomic E-state index is 12.0. The van der Waals surface area contributed by atoms with Crippen LogP contribution in [-0.2, 0) is 4.74 Å². The number of esters is 1. The molecule has 2 aromatic rings. The minimum absolute atomic E-state index is 0.186. The SMILES string of the molecule is COC(=O)c1ccc(C)c(NC(=O)c2cc(C)on2)c1. The zero-order valence-electron chi connectivity index (χ0n) is 11.4. The van der Waals surface area contributed by atoms with Crippen molar-refractivity contribution in [3.8, 4) is 0 Å². The molecular formula is C14H14N2O4. The van der Waals surface area contributed by atoms with E-state index in [0.717, 1.165) is 5.56 Å². The van der Waals surface area contributed by atoms with E-state index in [-0.39, 0.29) is 5.69 Å². The van der Waals surface area contributed by atoms with Gasteiger partial charge in [-0.2, -0.15) is 0 Å². The van der Waals surface area contributed by atoms with Crippen LogP contribution in [0, 0.1) is 13.8 Å². The van der Waals surface area contributed by atoms with Gasteiger partial charge >= 0.3 is 5.97 Å². The van der Waals surface area contributed by atoms with E-state index in [0.29, 0.717) is 17.0 Å². The van der Waals surface area contributed by atoms with Crippen LogP contribution in [0.5, 0.6) is 0 Å². The maximum Gasteiger partial charge on any atom is 0.337 e. The van der Waals surface area contributed by atoms with Crippen molar-refractivity contribution in [2.75, 3.05) is 12.4 Å². The molecule has 0 saturated carbocycles. The minimum atomic E-state index is -0.460. The Kier molecular flexibility index (Phi) is 3.84. The highest BCUT2D eigenvalue weighted by Gasteiger charge is 2.14. The van der Waals surface area contributed by atoms with Gasteiger partial charge in [0.05, 0.1) is 12.7 Å². The molecule has 1 aromatic heterocycles. The molecule has 0 unspecified atom stereocenters. The van der Waals surface area contributed by atoms with Crippen LogP contribution in [0.3, 0.4) is 0 Å². The third-order valence-electron chi connectivity index (χ3n) is 2.77. The van der Waals surface area contributed by atoms with Crippen LogP contribution in [0.1, 0.15) is 32.2 Å². The normalized spacial score (nSPS) is 10.2. The summed E-state index contributed by atoms with van der Waals surface area (Å²) >= 11 is 0. The summed E-state index contributed by atoms with van der Waals surface area (Å²) in [4.78, 5) is 23.5. The van der Waals surface area contributed by atoms with Crippen LogP contribution in [0.4, 0.5) is 5.69 Å². The second-order valence-corrected chi connectivity index (χ2v) is 4.30. The van der Waals surface area contributed by atoms with Crippen molar-refractivity contribution in [2.24, 2.45) is 0 Å². The predicted molar refractivity (Wildman–Crippen MR) is 71.7 cm³/mol. The molecule has 104 valence electrons. The molecule has 0 fully saturated rings. The third kappa shape index (κ3) is 2.85. The number of hydrogen-bond donors (Lipinski definition) is 1. The summed E-state index contributed by atoms with van der Waals surface area (Å²) in [6, 6.07) is 6.47. The van der Waals surface area contributed by atoms with E-state index in [1.54, 1.807) is 25.1 Å². The predicted octanol–water partition coefficient (Wildman–Crippen LogP) is 2.33. The Morgan fingerprint density at radius 1 is 1.25 bits per heavy atom. The number of amides is 1. The lowest BCUT2D eigenvalue weighted by atomic mass is 10.1. The summed E-state index contributed by atoms with van der Waals surface area (Å²) in [7, 11) is 1.30. The third-order valence-corrected chi connectivity index (χ3v) is 2.77. The number of ether oxygens (including phenoxy) is 1. The van der Waals surface area contributed by atoms with E-state index in [2.05, 4.69) is 15.2 Å². The first-order valence-corrected chi connectivity index (χ1v) is 5.95. The Balaban J connectivity index is 2.24. The molecule has 20 heavy (non-hydrogen) atoms. The summed E-state index contributed by atoms with van der Waals surface area (Å²) in [5, 5.41) is 6.33. The van der Waals surface area contributed by atoms with Crippen molar-refractivity contribution in [3.05, 3.63) is 46.8 Å². The Bertz CT molecular complexity index is 661. The first-order valence-electron chi connectivity index (χ1n) is 5.95. The van der Waals surface area contributed by atoms with Crippen molar-refractivity contribution >= 4 is 17.6 Å². The molecule has 0 radical (unpaired) electrons. The lowest BCUT2D eigenvalue weighted by Gasteiger charge is -2.08. The van der Waals surface area contributed by atoms with Crippen molar-refractivity contribution in [2.45, 2.75) is 13.8 Å². The lowest BCUT2D eigenvalue weighted by Crippen LogP contribution is -2.14. The van der Waals surface area contributed by atoms with Crippen molar-refractivity contribution in [3.63, 3.8) is 0 Å². The molecular weight excluding hydrogens is 260 g/mol. The second kappa shape index (κ2) is 5.56. The van der Waals surface area contributed by atoms with Crippen LogP contribution < -0.4 is 5.32 Å². The van der Waals surface area contributed by atoms with Crippen LogP contribution in [-0.4, -0.2) is 24.1 Å². The Morgan fingerprint density at radius 3 is 2.60 bits per heavy atom. The van der Waals surface area contributed by atoms with E-state index in [9.17, 15) is 9.59 Å². The quantitative estimate of drug-likeness (QED) is 0.869. The van der Waals surface area contributed by atoms with Crippen molar-refractivity contribution < 1.29 is 18.8 Å². The highest BCUT2D eigenvalue weighted by atomic mass is 16.5. The van der Waals surface area contributed by atoms with Crippen molar-refractivity contribution in [1.29, 1.82) is 0 Å². The van der Waals surface area contributed by atoms with E-state index in [1.807, 2.05) is 6.92 Å². The molecule has 0 aliphatic carbocycles. The number of carbonyl (C=O) groups is 2. The molecule has 0 atom stereocenters. The number of nitrogens with zero attached hydrogens (tertiary/aromatic N) is 1. The summed E-state index contributed by atoms with van der Waals surface area (Å²) in [6.07, 6.45) is 0. The molecule has 0 saturated heterocycles. The van der Waals surface area contributed by atoms with Gasteiger partial charge in [0.15, 0.2) is 5.69 Å². The van der Waals surface area contributed by atoms with Gasteiger partial charge in [0.25, 0.3) is 5.91 Å². The van der Waals surface area contributed by atoms with Gasteiger partial charge in [0.1, 0.15) is 5.76 Å².